The highest BCUT2D eigenvalue weighted by atomic mass is 16.4. The van der Waals surface area contributed by atoms with Crippen LogP contribution < -0.4 is 9.80 Å². The van der Waals surface area contributed by atoms with Gasteiger partial charge in [-0.25, -0.2) is 0 Å². The van der Waals surface area contributed by atoms with Crippen molar-refractivity contribution in [1.82, 2.24) is 0 Å². The first-order chi connectivity index (χ1) is 8.08. The third kappa shape index (κ3) is 2.52. The zero-order chi connectivity index (χ0) is 12.4. The Morgan fingerprint density at radius 3 is 2.82 bits per heavy atom. The van der Waals surface area contributed by atoms with E-state index in [-0.39, 0.29) is 6.54 Å². The Kier molecular flexibility index (Phi) is 3.22. The molecule has 17 heavy (non-hydrogen) atoms. The number of hydrogen-bond acceptors (Lipinski definition) is 3. The number of aliphatic carboxylic acids is 1. The molecule has 0 atom stereocenters. The summed E-state index contributed by atoms with van der Waals surface area (Å²) in [5, 5.41) is 8.96. The van der Waals surface area contributed by atoms with Crippen LogP contribution in [0.1, 0.15) is 12.0 Å². The van der Waals surface area contributed by atoms with E-state index < -0.39 is 5.97 Å². The molecule has 1 heterocycles. The second kappa shape index (κ2) is 4.65. The van der Waals surface area contributed by atoms with Crippen molar-refractivity contribution in [2.45, 2.75) is 13.3 Å². The molecule has 0 saturated heterocycles. The van der Waals surface area contributed by atoms with Gasteiger partial charge < -0.3 is 14.9 Å². The minimum atomic E-state index is -0.776. The second-order valence-electron chi connectivity index (χ2n) is 4.58. The molecule has 0 fully saturated rings. The first kappa shape index (κ1) is 11.8. The lowest BCUT2D eigenvalue weighted by molar-refractivity contribution is -0.135. The van der Waals surface area contributed by atoms with Crippen molar-refractivity contribution in [2.75, 3.05) is 36.5 Å². The molecule has 4 nitrogen and oxygen atoms in total. The fraction of sp³-hybridized carbons (Fsp3) is 0.462. The molecule has 1 aliphatic rings. The standard InChI is InChI=1S/C13H18N2O2/c1-10-4-5-11-12(8-10)15(9-13(16)17)7-3-6-14(11)2/h4-5,8H,3,6-7,9H2,1-2H3,(H,16,17). The summed E-state index contributed by atoms with van der Waals surface area (Å²) in [6.45, 7) is 3.87. The molecule has 92 valence electrons. The SMILES string of the molecule is Cc1ccc2c(c1)N(CC(=O)O)CCCN2C. The molecule has 0 aliphatic carbocycles. The Hall–Kier alpha value is -1.71. The largest absolute Gasteiger partial charge is 0.480 e. The predicted octanol–water partition coefficient (Wildman–Crippen LogP) is 1.73. The average Bonchev–Trinajstić information content (AvgIpc) is 2.39. The van der Waals surface area contributed by atoms with Crippen molar-refractivity contribution in [1.29, 1.82) is 0 Å². The van der Waals surface area contributed by atoms with E-state index >= 15 is 0 Å². The van der Waals surface area contributed by atoms with Gasteiger partial charge in [-0.2, -0.15) is 0 Å². The number of carboxylic acids is 1. The summed E-state index contributed by atoms with van der Waals surface area (Å²) in [6.07, 6.45) is 0.984. The number of anilines is 2. The Morgan fingerprint density at radius 2 is 2.12 bits per heavy atom. The molecule has 0 unspecified atom stereocenters. The first-order valence-corrected chi connectivity index (χ1v) is 5.86. The third-order valence-corrected chi connectivity index (χ3v) is 3.13. The van der Waals surface area contributed by atoms with Gasteiger partial charge in [0.2, 0.25) is 0 Å². The number of rotatable bonds is 2. The van der Waals surface area contributed by atoms with Crippen molar-refractivity contribution in [3.8, 4) is 0 Å². The second-order valence-corrected chi connectivity index (χ2v) is 4.58. The smallest absolute Gasteiger partial charge is 0.323 e. The number of nitrogens with zero attached hydrogens (tertiary/aromatic N) is 2. The molecule has 1 aromatic carbocycles. The molecule has 0 amide bonds. The number of fused-ring (bicyclic) bond motifs is 1. The van der Waals surface area contributed by atoms with Crippen LogP contribution in [-0.4, -0.2) is 37.8 Å². The van der Waals surface area contributed by atoms with E-state index in [9.17, 15) is 4.79 Å². The molecule has 0 spiro atoms. The van der Waals surface area contributed by atoms with Crippen molar-refractivity contribution < 1.29 is 9.90 Å². The van der Waals surface area contributed by atoms with E-state index in [1.165, 1.54) is 0 Å². The van der Waals surface area contributed by atoms with E-state index in [1.54, 1.807) is 0 Å². The minimum absolute atomic E-state index is 0.0737. The summed E-state index contributed by atoms with van der Waals surface area (Å²) < 4.78 is 0. The lowest BCUT2D eigenvalue weighted by Crippen LogP contribution is -2.30. The predicted molar refractivity (Wildman–Crippen MR) is 68.9 cm³/mol. The van der Waals surface area contributed by atoms with E-state index in [4.69, 9.17) is 5.11 Å². The molecular weight excluding hydrogens is 216 g/mol. The normalized spacial score (nSPS) is 15.4. The van der Waals surface area contributed by atoms with E-state index in [1.807, 2.05) is 11.8 Å². The summed E-state index contributed by atoms with van der Waals surface area (Å²) in [4.78, 5) is 15.0. The molecule has 0 saturated carbocycles. The number of aryl methyl sites for hydroxylation is 1. The maximum atomic E-state index is 10.9. The summed E-state index contributed by atoms with van der Waals surface area (Å²) in [5.74, 6) is -0.776. The quantitative estimate of drug-likeness (QED) is 0.846. The molecule has 0 bridgehead atoms. The molecule has 4 heteroatoms. The van der Waals surface area contributed by atoms with Gasteiger partial charge in [0.05, 0.1) is 11.4 Å². The molecule has 0 radical (unpaired) electrons. The van der Waals surface area contributed by atoms with Crippen LogP contribution >= 0.6 is 0 Å². The van der Waals surface area contributed by atoms with Crippen LogP contribution in [0.5, 0.6) is 0 Å². The Morgan fingerprint density at radius 1 is 1.35 bits per heavy atom. The lowest BCUT2D eigenvalue weighted by atomic mass is 10.1. The molecule has 1 aromatic rings. The van der Waals surface area contributed by atoms with Gasteiger partial charge in [-0.05, 0) is 31.0 Å². The molecule has 2 rings (SSSR count). The summed E-state index contributed by atoms with van der Waals surface area (Å²) in [5.41, 5.74) is 3.32. The van der Waals surface area contributed by atoms with Crippen LogP contribution in [0, 0.1) is 6.92 Å². The Bertz CT molecular complexity index is 431. The number of carbonyl (C=O) groups is 1. The Balaban J connectivity index is 2.41. The van der Waals surface area contributed by atoms with Gasteiger partial charge in [0.15, 0.2) is 0 Å². The van der Waals surface area contributed by atoms with Crippen molar-refractivity contribution in [3.63, 3.8) is 0 Å². The average molecular weight is 234 g/mol. The van der Waals surface area contributed by atoms with Gasteiger partial charge in [-0.3, -0.25) is 4.79 Å². The third-order valence-electron chi connectivity index (χ3n) is 3.13. The maximum Gasteiger partial charge on any atom is 0.323 e. The number of hydrogen-bond donors (Lipinski definition) is 1. The highest BCUT2D eigenvalue weighted by Gasteiger charge is 2.19. The van der Waals surface area contributed by atoms with Crippen LogP contribution in [0.25, 0.3) is 0 Å². The molecular formula is C13H18N2O2. The van der Waals surface area contributed by atoms with Crippen LogP contribution in [0.2, 0.25) is 0 Å². The first-order valence-electron chi connectivity index (χ1n) is 5.86. The topological polar surface area (TPSA) is 43.8 Å². The summed E-state index contributed by atoms with van der Waals surface area (Å²) in [6, 6.07) is 6.21. The van der Waals surface area contributed by atoms with Crippen LogP contribution in [0.4, 0.5) is 11.4 Å². The van der Waals surface area contributed by atoms with Gasteiger partial charge in [-0.1, -0.05) is 6.07 Å². The van der Waals surface area contributed by atoms with E-state index in [0.29, 0.717) is 0 Å². The van der Waals surface area contributed by atoms with Gasteiger partial charge >= 0.3 is 5.97 Å². The molecule has 0 aromatic heterocycles. The summed E-state index contributed by atoms with van der Waals surface area (Å²) in [7, 11) is 2.05. The zero-order valence-corrected chi connectivity index (χ0v) is 10.3. The summed E-state index contributed by atoms with van der Waals surface area (Å²) >= 11 is 0. The van der Waals surface area contributed by atoms with Gasteiger partial charge in [0.25, 0.3) is 0 Å². The van der Waals surface area contributed by atoms with Crippen molar-refractivity contribution in [2.24, 2.45) is 0 Å². The van der Waals surface area contributed by atoms with Crippen molar-refractivity contribution in [3.05, 3.63) is 23.8 Å². The minimum Gasteiger partial charge on any atom is -0.480 e. The fourth-order valence-electron chi connectivity index (χ4n) is 2.28. The van der Waals surface area contributed by atoms with Crippen LogP contribution in [-0.2, 0) is 4.79 Å². The zero-order valence-electron chi connectivity index (χ0n) is 10.3. The number of carboxylic acid groups (broad SMARTS) is 1. The highest BCUT2D eigenvalue weighted by Crippen LogP contribution is 2.32. The van der Waals surface area contributed by atoms with Crippen LogP contribution in [0.3, 0.4) is 0 Å². The van der Waals surface area contributed by atoms with E-state index in [2.05, 4.69) is 30.1 Å². The van der Waals surface area contributed by atoms with Crippen molar-refractivity contribution >= 4 is 17.3 Å². The molecule has 1 N–H and O–H groups in total. The fourth-order valence-corrected chi connectivity index (χ4v) is 2.28. The van der Waals surface area contributed by atoms with Crippen LogP contribution in [0.15, 0.2) is 18.2 Å². The van der Waals surface area contributed by atoms with Gasteiger partial charge in [-0.15, -0.1) is 0 Å². The number of benzene rings is 1. The van der Waals surface area contributed by atoms with Gasteiger partial charge in [0.1, 0.15) is 6.54 Å². The lowest BCUT2D eigenvalue weighted by Gasteiger charge is -2.24. The molecule has 1 aliphatic heterocycles. The maximum absolute atomic E-state index is 10.9. The highest BCUT2D eigenvalue weighted by molar-refractivity contribution is 5.79. The van der Waals surface area contributed by atoms with E-state index in [0.717, 1.165) is 36.4 Å². The monoisotopic (exact) mass is 234 g/mol. The Labute approximate surface area is 101 Å². The van der Waals surface area contributed by atoms with Gasteiger partial charge in [0, 0.05) is 20.1 Å².